The second-order valence-corrected chi connectivity index (χ2v) is 15.2. The van der Waals surface area contributed by atoms with E-state index in [1.54, 1.807) is 14.2 Å². The first-order valence-corrected chi connectivity index (χ1v) is 15.7. The normalized spacial score (nSPS) is 22.8. The fourth-order valence-corrected chi connectivity index (χ4v) is 3.28. The van der Waals surface area contributed by atoms with E-state index in [-0.39, 0.29) is 13.8 Å². The topological polar surface area (TPSA) is 43.4 Å². The molecule has 10 heteroatoms. The van der Waals surface area contributed by atoms with Gasteiger partial charge < -0.3 is 4.74 Å². The molecule has 0 N–H and O–H groups in total. The molecule has 0 aliphatic heterocycles. The molecule has 0 amide bonds. The van der Waals surface area contributed by atoms with Crippen molar-refractivity contribution in [2.45, 2.75) is 114 Å². The molecule has 0 heterocycles. The van der Waals surface area contributed by atoms with Crippen LogP contribution in [0.3, 0.4) is 0 Å². The number of hydrogen-bond donors (Lipinski definition) is 0. The van der Waals surface area contributed by atoms with Gasteiger partial charge in [-0.2, -0.15) is 26.3 Å². The molecule has 1 saturated carbocycles. The SMILES string of the molecule is CC(C)(C(F)(F)F)C(F)(F)F.CC(C)(C)C.CC1CC(C)CC2C=CC(C1)C2.CCC.COC.CS(C)(=O)=O. The number of rotatable bonds is 0. The van der Waals surface area contributed by atoms with Crippen LogP contribution in [0.4, 0.5) is 26.3 Å². The van der Waals surface area contributed by atoms with Crippen LogP contribution in [-0.2, 0) is 14.6 Å². The molecule has 0 radical (unpaired) electrons. The van der Waals surface area contributed by atoms with Crippen molar-refractivity contribution >= 4 is 9.84 Å². The summed E-state index contributed by atoms with van der Waals surface area (Å²) >= 11 is 0. The van der Waals surface area contributed by atoms with Gasteiger partial charge in [-0.1, -0.05) is 74.0 Å². The van der Waals surface area contributed by atoms with Crippen LogP contribution in [0.2, 0.25) is 0 Å². The predicted molar refractivity (Wildman–Crippen MR) is 154 cm³/mol. The van der Waals surface area contributed by atoms with E-state index >= 15 is 0 Å². The lowest BCUT2D eigenvalue weighted by molar-refractivity contribution is -0.327. The number of fused-ring (bicyclic) bond motifs is 2. The van der Waals surface area contributed by atoms with Crippen LogP contribution in [-0.4, -0.2) is 47.5 Å². The monoisotopic (exact) mass is 600 g/mol. The minimum Gasteiger partial charge on any atom is -0.388 e. The van der Waals surface area contributed by atoms with E-state index in [1.165, 1.54) is 32.1 Å². The third kappa shape index (κ3) is 31.6. The molecule has 2 aliphatic carbocycles. The molecule has 0 spiro atoms. The van der Waals surface area contributed by atoms with E-state index in [9.17, 15) is 34.8 Å². The van der Waals surface area contributed by atoms with Crippen molar-refractivity contribution in [3.63, 3.8) is 0 Å². The van der Waals surface area contributed by atoms with Gasteiger partial charge in [0.25, 0.3) is 0 Å². The third-order valence-corrected chi connectivity index (χ3v) is 4.89. The van der Waals surface area contributed by atoms with Gasteiger partial charge in [-0.25, -0.2) is 8.42 Å². The van der Waals surface area contributed by atoms with Gasteiger partial charge >= 0.3 is 12.4 Å². The molecular formula is C29H58F6O3S. The average Bonchev–Trinajstić information content (AvgIpc) is 3.06. The van der Waals surface area contributed by atoms with E-state index in [2.05, 4.69) is 72.3 Å². The van der Waals surface area contributed by atoms with E-state index < -0.39 is 27.6 Å². The number of allylic oxidation sites excluding steroid dienone is 2. The van der Waals surface area contributed by atoms with Crippen molar-refractivity contribution < 1.29 is 39.5 Å². The summed E-state index contributed by atoms with van der Waals surface area (Å²) in [6, 6.07) is 0. The second-order valence-electron chi connectivity index (χ2n) is 12.9. The number of alkyl halides is 6. The van der Waals surface area contributed by atoms with E-state index in [1.807, 2.05) is 0 Å². The minimum atomic E-state index is -5.24. The summed E-state index contributed by atoms with van der Waals surface area (Å²) in [5.41, 5.74) is -3.12. The molecule has 4 atom stereocenters. The molecule has 2 rings (SSSR count). The molecule has 1 fully saturated rings. The van der Waals surface area contributed by atoms with E-state index in [0.29, 0.717) is 5.41 Å². The molecule has 2 aliphatic rings. The summed E-state index contributed by atoms with van der Waals surface area (Å²) in [6.07, 6.45) is 3.81. The van der Waals surface area contributed by atoms with Crippen molar-refractivity contribution in [3.8, 4) is 0 Å². The van der Waals surface area contributed by atoms with Crippen molar-refractivity contribution in [1.29, 1.82) is 0 Å². The Balaban J connectivity index is -0.000000207. The lowest BCUT2D eigenvalue weighted by Crippen LogP contribution is -2.44. The summed E-state index contributed by atoms with van der Waals surface area (Å²) < 4.78 is 93.2. The zero-order chi connectivity index (χ0) is 32.5. The standard InChI is InChI=1S/C12H20.C5H6F6.C5H12.C3H8.C2H6O2S.C2H6O/c1-9-5-10(2)7-12-4-3-11(6-9)8-12;1-3(2,4(6,7)8)5(9,10)11;1-5(2,3)4;1-3-2;1-5(2,3)4;1-3-2/h3-4,9-12H,5-8H2,1-2H3;1-2H3;1-4H3;3H2,1-2H3;1-2H3;1-2H3. The lowest BCUT2D eigenvalue weighted by Gasteiger charge is -2.29. The summed E-state index contributed by atoms with van der Waals surface area (Å²) in [5, 5.41) is 0. The zero-order valence-corrected chi connectivity index (χ0v) is 27.7. The Labute approximate surface area is 236 Å². The van der Waals surface area contributed by atoms with Crippen LogP contribution >= 0.6 is 0 Å². The van der Waals surface area contributed by atoms with E-state index in [0.717, 1.165) is 36.2 Å². The highest BCUT2D eigenvalue weighted by molar-refractivity contribution is 7.89. The Hall–Kier alpha value is -0.770. The Morgan fingerprint density at radius 2 is 0.897 bits per heavy atom. The Morgan fingerprint density at radius 3 is 1.05 bits per heavy atom. The Bertz CT molecular complexity index is 671. The lowest BCUT2D eigenvalue weighted by atomic mass is 9.80. The van der Waals surface area contributed by atoms with Crippen molar-refractivity contribution in [2.75, 3.05) is 26.7 Å². The molecule has 4 unspecified atom stereocenters. The molecule has 0 aromatic heterocycles. The maximum Gasteiger partial charge on any atom is 0.402 e. The van der Waals surface area contributed by atoms with Crippen LogP contribution in [0.5, 0.6) is 0 Å². The maximum atomic E-state index is 11.6. The molecule has 39 heavy (non-hydrogen) atoms. The van der Waals surface area contributed by atoms with Gasteiger partial charge in [-0.3, -0.25) is 0 Å². The van der Waals surface area contributed by atoms with Gasteiger partial charge in [-0.05, 0) is 68.6 Å². The van der Waals surface area contributed by atoms with Gasteiger partial charge in [0.1, 0.15) is 9.84 Å². The van der Waals surface area contributed by atoms with Gasteiger partial charge in [0.2, 0.25) is 0 Å². The molecule has 3 nitrogen and oxygen atoms in total. The molecule has 0 saturated heterocycles. The number of ether oxygens (including phenoxy) is 1. The third-order valence-electron chi connectivity index (χ3n) is 4.89. The predicted octanol–water partition coefficient (Wildman–Crippen LogP) is 10.2. The highest BCUT2D eigenvalue weighted by Crippen LogP contribution is 2.49. The number of sulfone groups is 1. The number of hydrogen-bond acceptors (Lipinski definition) is 3. The van der Waals surface area contributed by atoms with Gasteiger partial charge in [0, 0.05) is 26.7 Å². The molecule has 0 aromatic carbocycles. The quantitative estimate of drug-likeness (QED) is 0.205. The zero-order valence-electron chi connectivity index (χ0n) is 26.9. The van der Waals surface area contributed by atoms with Crippen LogP contribution < -0.4 is 0 Å². The average molecular weight is 601 g/mol. The van der Waals surface area contributed by atoms with Gasteiger partial charge in [0.05, 0.1) is 0 Å². The maximum absolute atomic E-state index is 11.6. The molecule has 2 bridgehead atoms. The second kappa shape index (κ2) is 20.2. The Kier molecular flexibility index (Phi) is 23.4. The van der Waals surface area contributed by atoms with Crippen LogP contribution in [0.1, 0.15) is 101 Å². The van der Waals surface area contributed by atoms with Gasteiger partial charge in [-0.15, -0.1) is 0 Å². The highest BCUT2D eigenvalue weighted by atomic mass is 32.2. The first-order chi connectivity index (χ1) is 17.1. The highest BCUT2D eigenvalue weighted by Gasteiger charge is 2.64. The molecular weight excluding hydrogens is 542 g/mol. The number of halogens is 6. The van der Waals surface area contributed by atoms with E-state index in [4.69, 9.17) is 0 Å². The van der Waals surface area contributed by atoms with Crippen LogP contribution in [0.15, 0.2) is 12.2 Å². The molecule has 240 valence electrons. The first-order valence-electron chi connectivity index (χ1n) is 13.4. The smallest absolute Gasteiger partial charge is 0.388 e. The first kappa shape index (κ1) is 45.2. The van der Waals surface area contributed by atoms with Gasteiger partial charge in [0.15, 0.2) is 5.41 Å². The van der Waals surface area contributed by atoms with Crippen LogP contribution in [0.25, 0.3) is 0 Å². The Morgan fingerprint density at radius 1 is 0.692 bits per heavy atom. The largest absolute Gasteiger partial charge is 0.402 e. The van der Waals surface area contributed by atoms with Crippen molar-refractivity contribution in [2.24, 2.45) is 34.5 Å². The fourth-order valence-electron chi connectivity index (χ4n) is 3.28. The summed E-state index contributed by atoms with van der Waals surface area (Å²) in [5.74, 6) is 3.76. The molecule has 0 aromatic rings. The fraction of sp³-hybridized carbons (Fsp3) is 0.931. The number of methoxy groups -OCH3 is 1. The van der Waals surface area contributed by atoms with Crippen molar-refractivity contribution in [3.05, 3.63) is 12.2 Å². The summed E-state index contributed by atoms with van der Waals surface area (Å²) in [4.78, 5) is 0. The summed E-state index contributed by atoms with van der Waals surface area (Å²) in [6.45, 7) is 18.0. The summed E-state index contributed by atoms with van der Waals surface area (Å²) in [7, 11) is 0.583. The van der Waals surface area contributed by atoms with Crippen molar-refractivity contribution in [1.82, 2.24) is 0 Å². The minimum absolute atomic E-state index is 0.104. The van der Waals surface area contributed by atoms with Crippen LogP contribution in [0, 0.1) is 34.5 Å².